The maximum atomic E-state index is 13.1. The van der Waals surface area contributed by atoms with E-state index in [9.17, 15) is 24.6 Å². The van der Waals surface area contributed by atoms with Crippen molar-refractivity contribution >= 4 is 29.5 Å². The Kier molecular flexibility index (Phi) is 19.6. The van der Waals surface area contributed by atoms with Gasteiger partial charge in [0.1, 0.15) is 17.9 Å². The van der Waals surface area contributed by atoms with Gasteiger partial charge in [-0.1, -0.05) is 93.7 Å². The number of rotatable bonds is 20. The first kappa shape index (κ1) is 40.2. The van der Waals surface area contributed by atoms with Gasteiger partial charge < -0.3 is 20.8 Å². The van der Waals surface area contributed by atoms with Gasteiger partial charge in [-0.05, 0) is 64.2 Å². The lowest BCUT2D eigenvalue weighted by Crippen LogP contribution is -2.66. The summed E-state index contributed by atoms with van der Waals surface area (Å²) in [6.45, 7) is 7.72. The number of aliphatic hydroxyl groups excluding tert-OH is 2. The van der Waals surface area contributed by atoms with E-state index in [2.05, 4.69) is 98.9 Å². The average molecular weight is 665 g/mol. The Bertz CT molecular complexity index is 1260. The summed E-state index contributed by atoms with van der Waals surface area (Å²) in [7, 11) is 0. The number of carbonyl (C=O) groups is 3. The largest absolute Gasteiger partial charge is 0.391 e. The number of fused-ring (bicyclic) bond motifs is 1. The second-order valence-corrected chi connectivity index (χ2v) is 12.3. The van der Waals surface area contributed by atoms with Crippen LogP contribution in [0.1, 0.15) is 85.5 Å². The van der Waals surface area contributed by atoms with Gasteiger partial charge in [-0.3, -0.25) is 25.0 Å². The molecule has 0 aliphatic carbocycles. The quantitative estimate of drug-likeness (QED) is 0.107. The fourth-order valence-electron chi connectivity index (χ4n) is 4.90. The van der Waals surface area contributed by atoms with Gasteiger partial charge in [0, 0.05) is 13.0 Å². The molecule has 1 fully saturated rings. The van der Waals surface area contributed by atoms with Gasteiger partial charge in [0.2, 0.25) is 17.8 Å². The summed E-state index contributed by atoms with van der Waals surface area (Å²) in [6, 6.07) is -2.32. The van der Waals surface area contributed by atoms with Crippen molar-refractivity contribution in [2.75, 3.05) is 6.54 Å². The van der Waals surface area contributed by atoms with Crippen LogP contribution in [0.25, 0.3) is 0 Å². The van der Waals surface area contributed by atoms with E-state index in [1.54, 1.807) is 0 Å². The molecule has 264 valence electrons. The highest BCUT2D eigenvalue weighted by molar-refractivity contribution is 6.20. The molecular formula is C37H56N6O5. The summed E-state index contributed by atoms with van der Waals surface area (Å²) in [6.07, 6.45) is 30.4. The van der Waals surface area contributed by atoms with Gasteiger partial charge in [-0.15, -0.1) is 0 Å². The number of piperazine rings is 1. The van der Waals surface area contributed by atoms with Crippen molar-refractivity contribution in [1.82, 2.24) is 21.3 Å². The molecule has 48 heavy (non-hydrogen) atoms. The number of hydrogen-bond donors (Lipinski definition) is 6. The topological polar surface area (TPSA) is 165 Å². The number of hydrogen-bond acceptors (Lipinski definition) is 8. The average Bonchev–Trinajstić information content (AvgIpc) is 3.04. The normalized spacial score (nSPS) is 20.5. The van der Waals surface area contributed by atoms with E-state index >= 15 is 0 Å². The second-order valence-electron chi connectivity index (χ2n) is 12.3. The van der Waals surface area contributed by atoms with E-state index in [4.69, 9.17) is 0 Å². The van der Waals surface area contributed by atoms with Crippen LogP contribution in [0, 0.1) is 5.92 Å². The summed E-state index contributed by atoms with van der Waals surface area (Å²) < 4.78 is 0. The lowest BCUT2D eigenvalue weighted by Gasteiger charge is -2.36. The zero-order valence-corrected chi connectivity index (χ0v) is 29.0. The van der Waals surface area contributed by atoms with Crippen molar-refractivity contribution in [3.05, 3.63) is 72.9 Å². The van der Waals surface area contributed by atoms with Gasteiger partial charge in [0.05, 0.1) is 18.2 Å². The monoisotopic (exact) mass is 664 g/mol. The Hall–Kier alpha value is -3.93. The van der Waals surface area contributed by atoms with Crippen molar-refractivity contribution in [3.63, 3.8) is 0 Å². The van der Waals surface area contributed by atoms with Crippen LogP contribution in [-0.4, -0.2) is 76.6 Å². The number of nitrogens with zero attached hydrogens (tertiary/aromatic N) is 2. The number of amides is 3. The van der Waals surface area contributed by atoms with Crippen molar-refractivity contribution in [2.45, 2.75) is 116 Å². The third-order valence-corrected chi connectivity index (χ3v) is 7.48. The van der Waals surface area contributed by atoms with Crippen molar-refractivity contribution < 1.29 is 24.6 Å². The highest BCUT2D eigenvalue weighted by atomic mass is 16.3. The van der Waals surface area contributed by atoms with E-state index in [-0.39, 0.29) is 36.6 Å². The first-order valence-electron chi connectivity index (χ1n) is 17.2. The molecule has 2 aliphatic heterocycles. The number of aliphatic imine (C=N–C) groups is 2. The molecular weight excluding hydrogens is 608 g/mol. The van der Waals surface area contributed by atoms with Crippen LogP contribution in [0.5, 0.6) is 0 Å². The molecule has 0 aromatic carbocycles. The Labute approximate surface area is 286 Å². The molecule has 2 heterocycles. The molecule has 0 aromatic rings. The molecule has 0 bridgehead atoms. The Morgan fingerprint density at radius 2 is 1.40 bits per heavy atom. The van der Waals surface area contributed by atoms with Crippen LogP contribution in [0.2, 0.25) is 0 Å². The van der Waals surface area contributed by atoms with E-state index in [0.717, 1.165) is 38.5 Å². The molecule has 2 rings (SSSR count). The first-order chi connectivity index (χ1) is 23.1. The number of nitrogens with one attached hydrogen (secondary N) is 4. The zero-order chi connectivity index (χ0) is 35.1. The maximum Gasteiger partial charge on any atom is 0.273 e. The highest BCUT2D eigenvalue weighted by Gasteiger charge is 2.38. The maximum absolute atomic E-state index is 13.1. The number of allylic oxidation sites excluding steroid dienone is 12. The number of carbonyl (C=O) groups excluding carboxylic acids is 3. The predicted octanol–water partition coefficient (Wildman–Crippen LogP) is 4.08. The van der Waals surface area contributed by atoms with Gasteiger partial charge in [-0.25, -0.2) is 0 Å². The van der Waals surface area contributed by atoms with Gasteiger partial charge in [-0.2, -0.15) is 9.98 Å². The summed E-state index contributed by atoms with van der Waals surface area (Å²) in [4.78, 5) is 46.6. The summed E-state index contributed by atoms with van der Waals surface area (Å²) in [5.41, 5.74) is 0. The third-order valence-electron chi connectivity index (χ3n) is 7.48. The highest BCUT2D eigenvalue weighted by Crippen LogP contribution is 2.11. The molecule has 2 aliphatic rings. The van der Waals surface area contributed by atoms with Crippen molar-refractivity contribution in [1.29, 1.82) is 0 Å². The third kappa shape index (κ3) is 16.3. The van der Waals surface area contributed by atoms with Crippen molar-refractivity contribution in [3.8, 4) is 0 Å². The molecule has 3 amide bonds. The minimum atomic E-state index is -1.09. The molecule has 5 atom stereocenters. The molecule has 1 unspecified atom stereocenters. The van der Waals surface area contributed by atoms with E-state index < -0.39 is 42.1 Å². The van der Waals surface area contributed by atoms with Gasteiger partial charge in [0.15, 0.2) is 0 Å². The Balaban J connectivity index is 1.70. The smallest absolute Gasteiger partial charge is 0.273 e. The molecule has 11 heteroatoms. The number of amidine groups is 1. The molecule has 0 spiro atoms. The van der Waals surface area contributed by atoms with Crippen LogP contribution < -0.4 is 21.3 Å². The molecule has 0 saturated carbocycles. The van der Waals surface area contributed by atoms with E-state index in [1.807, 2.05) is 26.0 Å². The van der Waals surface area contributed by atoms with Crippen LogP contribution in [-0.2, 0) is 14.4 Å². The summed E-state index contributed by atoms with van der Waals surface area (Å²) in [5, 5.41) is 31.1. The van der Waals surface area contributed by atoms with Crippen LogP contribution in [0.15, 0.2) is 82.9 Å². The molecule has 6 N–H and O–H groups in total. The lowest BCUT2D eigenvalue weighted by atomic mass is 10.0. The minimum Gasteiger partial charge on any atom is -0.391 e. The van der Waals surface area contributed by atoms with Gasteiger partial charge >= 0.3 is 0 Å². The fourth-order valence-corrected chi connectivity index (χ4v) is 4.90. The number of aliphatic hydroxyl groups is 2. The van der Waals surface area contributed by atoms with E-state index in [0.29, 0.717) is 12.8 Å². The minimum absolute atomic E-state index is 0.122. The number of guanidine groups is 1. The van der Waals surface area contributed by atoms with E-state index in [1.165, 1.54) is 6.92 Å². The fraction of sp³-hybridized carbons (Fsp3) is 0.541. The van der Waals surface area contributed by atoms with Crippen molar-refractivity contribution in [2.24, 2.45) is 15.9 Å². The molecule has 0 aromatic heterocycles. The lowest BCUT2D eigenvalue weighted by molar-refractivity contribution is -0.128. The molecule has 11 nitrogen and oxygen atoms in total. The van der Waals surface area contributed by atoms with Crippen LogP contribution in [0.4, 0.5) is 0 Å². The molecule has 1 saturated heterocycles. The standard InChI is InChI=1S/C37H56N6O5/c1-5-6-7-8-9-10-11-12-13-14-15-16-17-18-19-20-21-22-23-24-31(45)39-29(25-27(2)3)35(47)42-37-41-34-32(36(48)43-37)40-30(26-38-34)33(46)28(4)44/h6-7,9-10,12-13,15-16,18-19,21-22,27-30,32-33,40,44,46H,5,8,11,14,17,20,23-26H2,1-4H3,(H,39,45)(H2,38,41,42,43,47,48)/b7-6-,10-9-,13-12-,16-15-,19-18-,22-21-/t28-,29-,30+,32?,33-/m0/s1. The first-order valence-corrected chi connectivity index (χ1v) is 17.2. The Morgan fingerprint density at radius 3 is 1.92 bits per heavy atom. The second kappa shape index (κ2) is 23.4. The van der Waals surface area contributed by atoms with Crippen LogP contribution >= 0.6 is 0 Å². The predicted molar refractivity (Wildman–Crippen MR) is 193 cm³/mol. The van der Waals surface area contributed by atoms with Gasteiger partial charge in [0.25, 0.3) is 5.91 Å². The zero-order valence-electron chi connectivity index (χ0n) is 29.0. The van der Waals surface area contributed by atoms with Crippen LogP contribution in [0.3, 0.4) is 0 Å². The summed E-state index contributed by atoms with van der Waals surface area (Å²) in [5.74, 6) is -1.13. The summed E-state index contributed by atoms with van der Waals surface area (Å²) >= 11 is 0. The Morgan fingerprint density at radius 1 is 0.854 bits per heavy atom. The SMILES string of the molecule is CC/C=C\C/C=C\C/C=C\C/C=C\C/C=C\C/C=C\CCC(=O)N[C@@H](CC(C)C)C(=O)NC1=NC(=O)C2N[C@@H]([C@@H](O)[C@H](C)O)CNC2=N1. The molecule has 0 radical (unpaired) electrons.